The van der Waals surface area contributed by atoms with Gasteiger partial charge in [0.2, 0.25) is 11.7 Å². The zero-order chi connectivity index (χ0) is 20.6. The number of fused-ring (bicyclic) bond motifs is 1. The minimum Gasteiger partial charge on any atom is -0.493 e. The number of nitrogens with two attached hydrogens (primary N) is 2. The number of nitrogen functional groups attached to an aromatic ring is 2. The zero-order valence-electron chi connectivity index (χ0n) is 16.7. The van der Waals surface area contributed by atoms with E-state index in [0.717, 1.165) is 16.5 Å². The van der Waals surface area contributed by atoms with Gasteiger partial charge in [0.25, 0.3) is 0 Å². The average Bonchev–Trinajstić information content (AvgIpc) is 3.07. The summed E-state index contributed by atoms with van der Waals surface area (Å²) in [6, 6.07) is 3.69. The van der Waals surface area contributed by atoms with Gasteiger partial charge in [-0.1, -0.05) is 20.8 Å². The summed E-state index contributed by atoms with van der Waals surface area (Å²) in [5.74, 6) is 1.88. The summed E-state index contributed by atoms with van der Waals surface area (Å²) in [6.45, 7) is 5.82. The van der Waals surface area contributed by atoms with Crippen LogP contribution >= 0.6 is 0 Å². The molecule has 1 unspecified atom stereocenters. The van der Waals surface area contributed by atoms with Crippen LogP contribution in [-0.2, 0) is 6.42 Å². The van der Waals surface area contributed by atoms with Crippen molar-refractivity contribution in [2.75, 3.05) is 25.7 Å². The van der Waals surface area contributed by atoms with Crippen molar-refractivity contribution in [1.29, 1.82) is 0 Å². The number of methoxy groups -OCH3 is 2. The van der Waals surface area contributed by atoms with E-state index in [4.69, 9.17) is 25.4 Å². The summed E-state index contributed by atoms with van der Waals surface area (Å²) < 4.78 is 17.0. The van der Waals surface area contributed by atoms with Gasteiger partial charge in [-0.25, -0.2) is 4.98 Å². The minimum absolute atomic E-state index is 0.123. The number of rotatable bonds is 5. The lowest BCUT2D eigenvalue weighted by atomic mass is 9.87. The Morgan fingerprint density at radius 1 is 1.14 bits per heavy atom. The molecule has 5 N–H and O–H groups in total. The minimum atomic E-state index is -0.784. The van der Waals surface area contributed by atoms with Crippen LogP contribution in [0.3, 0.4) is 0 Å². The van der Waals surface area contributed by atoms with E-state index < -0.39 is 6.10 Å². The molecule has 0 aliphatic carbocycles. The molecule has 2 heterocycles. The number of aliphatic hydroxyl groups excluding tert-OH is 1. The molecule has 0 amide bonds. The number of aromatic nitrogens is 2. The van der Waals surface area contributed by atoms with Gasteiger partial charge in [0.1, 0.15) is 17.7 Å². The lowest BCUT2D eigenvalue weighted by molar-refractivity contribution is 0.0447. The van der Waals surface area contributed by atoms with Crippen LogP contribution in [0.15, 0.2) is 22.7 Å². The first-order chi connectivity index (χ1) is 13.2. The van der Waals surface area contributed by atoms with E-state index in [1.807, 2.05) is 32.9 Å². The monoisotopic (exact) mass is 386 g/mol. The van der Waals surface area contributed by atoms with Crippen molar-refractivity contribution in [3.8, 4) is 11.5 Å². The second kappa shape index (κ2) is 7.20. The van der Waals surface area contributed by atoms with Crippen LogP contribution in [-0.4, -0.2) is 29.3 Å². The lowest BCUT2D eigenvalue weighted by Crippen LogP contribution is -2.17. The molecule has 3 rings (SSSR count). The normalized spacial score (nSPS) is 12.9. The number of anilines is 2. The van der Waals surface area contributed by atoms with Gasteiger partial charge in [-0.2, -0.15) is 4.98 Å². The van der Waals surface area contributed by atoms with Gasteiger partial charge in [0, 0.05) is 23.6 Å². The molecule has 8 nitrogen and oxygen atoms in total. The van der Waals surface area contributed by atoms with E-state index in [0.29, 0.717) is 35.1 Å². The Morgan fingerprint density at radius 2 is 1.86 bits per heavy atom. The Bertz CT molecular complexity index is 1010. The second-order valence-electron chi connectivity index (χ2n) is 7.75. The number of aliphatic hydroxyl groups is 1. The van der Waals surface area contributed by atoms with Gasteiger partial charge < -0.3 is 30.5 Å². The molecule has 0 aliphatic rings. The highest BCUT2D eigenvalue weighted by atomic mass is 16.5. The lowest BCUT2D eigenvalue weighted by Gasteiger charge is -2.23. The van der Waals surface area contributed by atoms with E-state index in [1.165, 1.54) is 0 Å². The molecule has 0 spiro atoms. The summed E-state index contributed by atoms with van der Waals surface area (Å²) in [7, 11) is 3.10. The van der Waals surface area contributed by atoms with E-state index in [1.54, 1.807) is 20.4 Å². The fourth-order valence-electron chi connectivity index (χ4n) is 3.06. The summed E-state index contributed by atoms with van der Waals surface area (Å²) in [5.41, 5.74) is 13.3. The Balaban J connectivity index is 2.19. The topological polar surface area (TPSA) is 130 Å². The van der Waals surface area contributed by atoms with Crippen molar-refractivity contribution in [1.82, 2.24) is 9.97 Å². The van der Waals surface area contributed by atoms with Crippen LogP contribution in [0, 0.1) is 5.41 Å². The molecule has 0 saturated carbocycles. The van der Waals surface area contributed by atoms with Crippen molar-refractivity contribution in [2.45, 2.75) is 33.3 Å². The van der Waals surface area contributed by atoms with Gasteiger partial charge in [0.05, 0.1) is 14.2 Å². The van der Waals surface area contributed by atoms with Crippen molar-refractivity contribution in [2.24, 2.45) is 5.41 Å². The fourth-order valence-corrected chi connectivity index (χ4v) is 3.06. The molecule has 1 atom stereocenters. The van der Waals surface area contributed by atoms with Gasteiger partial charge in [0.15, 0.2) is 11.3 Å². The number of benzene rings is 1. The number of ether oxygens (including phenoxy) is 2. The van der Waals surface area contributed by atoms with Crippen molar-refractivity contribution in [3.05, 3.63) is 35.2 Å². The molecule has 0 fully saturated rings. The van der Waals surface area contributed by atoms with E-state index in [2.05, 4.69) is 9.97 Å². The third-order valence-electron chi connectivity index (χ3n) is 4.64. The summed E-state index contributed by atoms with van der Waals surface area (Å²) in [5, 5.41) is 11.5. The van der Waals surface area contributed by atoms with Crippen LogP contribution < -0.4 is 20.9 Å². The molecule has 0 radical (unpaired) electrons. The van der Waals surface area contributed by atoms with Crippen LogP contribution in [0.1, 0.15) is 43.8 Å². The Labute approximate surface area is 163 Å². The summed E-state index contributed by atoms with van der Waals surface area (Å²) in [6.07, 6.45) is 1.26. The molecule has 1 aromatic carbocycles. The molecule has 28 heavy (non-hydrogen) atoms. The van der Waals surface area contributed by atoms with Crippen molar-refractivity contribution >= 4 is 22.7 Å². The molecule has 0 saturated heterocycles. The van der Waals surface area contributed by atoms with Gasteiger partial charge in [-0.05, 0) is 23.1 Å². The first kappa shape index (κ1) is 19.8. The smallest absolute Gasteiger partial charge is 0.221 e. The van der Waals surface area contributed by atoms with Crippen molar-refractivity contribution in [3.63, 3.8) is 0 Å². The number of nitrogens with zero attached hydrogens (tertiary/aromatic N) is 2. The Morgan fingerprint density at radius 3 is 2.43 bits per heavy atom. The first-order valence-corrected chi connectivity index (χ1v) is 8.88. The zero-order valence-corrected chi connectivity index (χ0v) is 16.7. The molecule has 2 aromatic heterocycles. The fraction of sp³-hybridized carbons (Fsp3) is 0.400. The largest absolute Gasteiger partial charge is 0.493 e. The highest BCUT2D eigenvalue weighted by molar-refractivity contribution is 5.90. The van der Waals surface area contributed by atoms with Crippen molar-refractivity contribution < 1.29 is 19.0 Å². The van der Waals surface area contributed by atoms with Gasteiger partial charge in [-0.15, -0.1) is 0 Å². The van der Waals surface area contributed by atoms with E-state index >= 15 is 0 Å². The van der Waals surface area contributed by atoms with E-state index in [-0.39, 0.29) is 11.4 Å². The third-order valence-corrected chi connectivity index (χ3v) is 4.64. The maximum Gasteiger partial charge on any atom is 0.221 e. The number of furan rings is 1. The first-order valence-electron chi connectivity index (χ1n) is 8.88. The van der Waals surface area contributed by atoms with Crippen LogP contribution in [0.5, 0.6) is 11.5 Å². The van der Waals surface area contributed by atoms with Crippen LogP contribution in [0.2, 0.25) is 0 Å². The molecule has 3 aromatic rings. The predicted octanol–water partition coefficient (Wildman–Crippen LogP) is 3.07. The maximum atomic E-state index is 10.7. The summed E-state index contributed by atoms with van der Waals surface area (Å²) in [4.78, 5) is 8.04. The van der Waals surface area contributed by atoms with Gasteiger partial charge >= 0.3 is 0 Å². The standard InChI is InChI=1S/C20H26N4O4/c1-20(2,3)17(25)14-8-12-10(6-11-9-23-19(22)24-18(11)21)7-13(26-4)16(27-5)15(12)28-14/h7-9,17,25H,6H2,1-5H3,(H4,21,22,23,24). The van der Waals surface area contributed by atoms with Gasteiger partial charge in [-0.3, -0.25) is 0 Å². The molecular weight excluding hydrogens is 360 g/mol. The maximum absolute atomic E-state index is 10.7. The van der Waals surface area contributed by atoms with E-state index in [9.17, 15) is 5.11 Å². The number of hydrogen-bond acceptors (Lipinski definition) is 8. The molecule has 150 valence electrons. The van der Waals surface area contributed by atoms with Crippen LogP contribution in [0.4, 0.5) is 11.8 Å². The molecule has 0 bridgehead atoms. The number of hydrogen-bond donors (Lipinski definition) is 3. The highest BCUT2D eigenvalue weighted by Crippen LogP contribution is 2.43. The Hall–Kier alpha value is -3.00. The van der Waals surface area contributed by atoms with Crippen LogP contribution in [0.25, 0.3) is 11.0 Å². The summed E-state index contributed by atoms with van der Waals surface area (Å²) >= 11 is 0. The highest BCUT2D eigenvalue weighted by Gasteiger charge is 2.29. The predicted molar refractivity (Wildman–Crippen MR) is 107 cm³/mol. The molecule has 0 aliphatic heterocycles. The molecule has 8 heteroatoms. The SMILES string of the molecule is COc1cc(Cc2cnc(N)nc2N)c2cc(C(O)C(C)(C)C)oc2c1OC. The third kappa shape index (κ3) is 3.55. The average molecular weight is 386 g/mol. The quantitative estimate of drug-likeness (QED) is 0.610. The molecular formula is C20H26N4O4. The second-order valence-corrected chi connectivity index (χ2v) is 7.75. The Kier molecular flexibility index (Phi) is 5.08.